The lowest BCUT2D eigenvalue weighted by Crippen LogP contribution is -2.65. The van der Waals surface area contributed by atoms with E-state index < -0.39 is 42.0 Å². The molecular formula is C34H45BN2O8. The van der Waals surface area contributed by atoms with Gasteiger partial charge in [0.15, 0.2) is 5.75 Å². The van der Waals surface area contributed by atoms with Gasteiger partial charge in [-0.15, -0.1) is 0 Å². The molecule has 2 aromatic rings. The smallest absolute Gasteiger partial charge is 0.456 e. The molecule has 3 saturated carbocycles. The molecule has 2 heterocycles. The van der Waals surface area contributed by atoms with Crippen molar-refractivity contribution < 1.29 is 37.9 Å². The third kappa shape index (κ3) is 6.89. The van der Waals surface area contributed by atoms with Crippen LogP contribution in [0.2, 0.25) is 0 Å². The summed E-state index contributed by atoms with van der Waals surface area (Å²) in [6, 6.07) is 8.32. The standard InChI is InChI=1S/C34H45BN2O8/c1-31(2,3)42-29(39)23-14-10-12-20(27(23)41-30(40)43-32(4,5)6)16-26(37-28(38)21-13-11-15-36-19-21)35-44-25-18-22-17-24(33(22,7)8)34(25,9)45-35/h10-15,19,22,24-26H,16-18H2,1-9H3,(H,37,38)/t22-,24-,25?,26-,34-/m0/s1. The summed E-state index contributed by atoms with van der Waals surface area (Å²) < 4.78 is 30.2. The van der Waals surface area contributed by atoms with Gasteiger partial charge in [0.2, 0.25) is 0 Å². The topological polar surface area (TPSA) is 122 Å². The molecule has 1 unspecified atom stereocenters. The summed E-state index contributed by atoms with van der Waals surface area (Å²) in [6.45, 7) is 17.1. The monoisotopic (exact) mass is 620 g/mol. The minimum absolute atomic E-state index is 0.00774. The molecule has 1 aliphatic heterocycles. The third-order valence-electron chi connectivity index (χ3n) is 9.27. The third-order valence-corrected chi connectivity index (χ3v) is 9.27. The highest BCUT2D eigenvalue weighted by Crippen LogP contribution is 2.65. The van der Waals surface area contributed by atoms with Gasteiger partial charge in [-0.3, -0.25) is 9.78 Å². The van der Waals surface area contributed by atoms with Crippen LogP contribution < -0.4 is 10.1 Å². The number of esters is 1. The van der Waals surface area contributed by atoms with E-state index in [9.17, 15) is 14.4 Å². The molecule has 10 nitrogen and oxygen atoms in total. The summed E-state index contributed by atoms with van der Waals surface area (Å²) in [7, 11) is -0.796. The Morgan fingerprint density at radius 2 is 1.73 bits per heavy atom. The lowest BCUT2D eigenvalue weighted by atomic mass is 9.43. The molecule has 1 amide bonds. The molecule has 1 N–H and O–H groups in total. The maximum absolute atomic E-state index is 13.5. The molecule has 242 valence electrons. The Labute approximate surface area is 266 Å². The van der Waals surface area contributed by atoms with Crippen LogP contribution in [0.4, 0.5) is 4.79 Å². The van der Waals surface area contributed by atoms with Crippen molar-refractivity contribution in [3.63, 3.8) is 0 Å². The number of hydrogen-bond acceptors (Lipinski definition) is 9. The number of hydrogen-bond donors (Lipinski definition) is 1. The van der Waals surface area contributed by atoms with E-state index >= 15 is 0 Å². The van der Waals surface area contributed by atoms with Gasteiger partial charge in [0, 0.05) is 12.4 Å². The van der Waals surface area contributed by atoms with Gasteiger partial charge < -0.3 is 28.8 Å². The summed E-state index contributed by atoms with van der Waals surface area (Å²) >= 11 is 0. The van der Waals surface area contributed by atoms with E-state index in [1.807, 2.05) is 0 Å². The molecule has 2 bridgehead atoms. The fourth-order valence-electron chi connectivity index (χ4n) is 6.99. The van der Waals surface area contributed by atoms with Crippen molar-refractivity contribution in [2.45, 2.75) is 110 Å². The zero-order valence-corrected chi connectivity index (χ0v) is 27.8. The van der Waals surface area contributed by atoms with Crippen LogP contribution in [0, 0.1) is 17.3 Å². The number of pyridine rings is 1. The number of carbonyl (C=O) groups is 3. The first-order chi connectivity index (χ1) is 20.9. The van der Waals surface area contributed by atoms with Crippen LogP contribution in [-0.2, 0) is 25.2 Å². The zero-order valence-electron chi connectivity index (χ0n) is 27.8. The molecule has 0 spiro atoms. The molecule has 5 atom stereocenters. The predicted molar refractivity (Wildman–Crippen MR) is 168 cm³/mol. The average molecular weight is 621 g/mol. The maximum Gasteiger partial charge on any atom is 0.514 e. The lowest BCUT2D eigenvalue weighted by Gasteiger charge is -2.64. The zero-order chi connectivity index (χ0) is 32.9. The predicted octanol–water partition coefficient (Wildman–Crippen LogP) is 5.96. The first-order valence-electron chi connectivity index (χ1n) is 15.7. The van der Waals surface area contributed by atoms with Crippen molar-refractivity contribution in [1.29, 1.82) is 0 Å². The van der Waals surface area contributed by atoms with E-state index in [0.29, 0.717) is 23.0 Å². The molecule has 1 saturated heterocycles. The van der Waals surface area contributed by atoms with Crippen LogP contribution in [0.3, 0.4) is 0 Å². The number of ether oxygens (including phenoxy) is 3. The normalized spacial score (nSPS) is 25.8. The van der Waals surface area contributed by atoms with Gasteiger partial charge >= 0.3 is 19.2 Å². The molecule has 11 heteroatoms. The molecule has 1 aromatic heterocycles. The maximum atomic E-state index is 13.5. The number of carbonyl (C=O) groups excluding carboxylic acids is 3. The highest BCUT2D eigenvalue weighted by Gasteiger charge is 2.68. The van der Waals surface area contributed by atoms with Crippen LogP contribution in [0.5, 0.6) is 5.75 Å². The fourth-order valence-corrected chi connectivity index (χ4v) is 6.99. The minimum Gasteiger partial charge on any atom is -0.456 e. The Hall–Kier alpha value is -3.44. The van der Waals surface area contributed by atoms with Crippen LogP contribution in [-0.4, -0.2) is 59.0 Å². The molecule has 6 rings (SSSR count). The second-order valence-corrected chi connectivity index (χ2v) is 15.2. The van der Waals surface area contributed by atoms with E-state index in [1.54, 1.807) is 72.0 Å². The van der Waals surface area contributed by atoms with Gasteiger partial charge in [-0.25, -0.2) is 9.59 Å². The summed E-state index contributed by atoms with van der Waals surface area (Å²) in [5.41, 5.74) is -1.10. The van der Waals surface area contributed by atoms with E-state index in [1.165, 1.54) is 12.3 Å². The molecule has 45 heavy (non-hydrogen) atoms. The number of benzene rings is 1. The van der Waals surface area contributed by atoms with Crippen molar-refractivity contribution in [2.24, 2.45) is 17.3 Å². The summed E-state index contributed by atoms with van der Waals surface area (Å²) in [5, 5.41) is 3.09. The van der Waals surface area contributed by atoms with Crippen LogP contribution in [0.1, 0.15) is 101 Å². The second kappa shape index (κ2) is 11.7. The van der Waals surface area contributed by atoms with E-state index in [4.69, 9.17) is 23.5 Å². The van der Waals surface area contributed by atoms with Crippen molar-refractivity contribution in [2.75, 3.05) is 0 Å². The van der Waals surface area contributed by atoms with Crippen molar-refractivity contribution in [3.05, 3.63) is 59.4 Å². The Kier molecular flexibility index (Phi) is 8.59. The Bertz CT molecular complexity index is 1450. The van der Waals surface area contributed by atoms with Crippen molar-refractivity contribution >= 4 is 25.2 Å². The number of nitrogens with zero attached hydrogens (tertiary/aromatic N) is 1. The van der Waals surface area contributed by atoms with Gasteiger partial charge in [-0.2, -0.15) is 0 Å². The molecule has 1 aromatic carbocycles. The van der Waals surface area contributed by atoms with Crippen molar-refractivity contribution in [1.82, 2.24) is 10.3 Å². The minimum atomic E-state index is -0.968. The number of amides is 1. The first kappa shape index (κ1) is 32.9. The molecule has 4 aliphatic rings. The van der Waals surface area contributed by atoms with E-state index in [2.05, 4.69) is 31.1 Å². The number of aromatic nitrogens is 1. The van der Waals surface area contributed by atoms with Gasteiger partial charge in [-0.1, -0.05) is 26.0 Å². The van der Waals surface area contributed by atoms with Gasteiger partial charge in [0.25, 0.3) is 5.91 Å². The van der Waals surface area contributed by atoms with Gasteiger partial charge in [0.05, 0.1) is 23.2 Å². The van der Waals surface area contributed by atoms with Crippen LogP contribution >= 0.6 is 0 Å². The Morgan fingerprint density at radius 3 is 2.36 bits per heavy atom. The van der Waals surface area contributed by atoms with E-state index in [-0.39, 0.29) is 35.2 Å². The largest absolute Gasteiger partial charge is 0.514 e. The molecule has 0 radical (unpaired) electrons. The van der Waals surface area contributed by atoms with E-state index in [0.717, 1.165) is 12.8 Å². The summed E-state index contributed by atoms with van der Waals surface area (Å²) in [4.78, 5) is 43.8. The highest BCUT2D eigenvalue weighted by atomic mass is 16.7. The number of para-hydroxylation sites is 1. The lowest BCUT2D eigenvalue weighted by molar-refractivity contribution is -0.199. The fraction of sp³-hybridized carbons (Fsp3) is 0.588. The molecule has 4 fully saturated rings. The van der Waals surface area contributed by atoms with Crippen molar-refractivity contribution in [3.8, 4) is 5.75 Å². The van der Waals surface area contributed by atoms with Crippen LogP contribution in [0.15, 0.2) is 42.7 Å². The number of nitrogens with one attached hydrogen (secondary N) is 1. The second-order valence-electron chi connectivity index (χ2n) is 15.2. The SMILES string of the molecule is CC(C)(C)OC(=O)Oc1c(C[C@H](NC(=O)c2cccnc2)B2OC3C[C@@H]4C[C@@H](C4(C)C)[C@]3(C)O2)cccc1C(=O)OC(C)(C)C. The average Bonchev–Trinajstić information content (AvgIpc) is 3.29. The molecular weight excluding hydrogens is 575 g/mol. The Morgan fingerprint density at radius 1 is 1.02 bits per heavy atom. The Balaban J connectivity index is 1.50. The van der Waals surface area contributed by atoms with Gasteiger partial charge in [-0.05, 0) is 109 Å². The van der Waals surface area contributed by atoms with Gasteiger partial charge in [0.1, 0.15) is 16.8 Å². The quantitative estimate of drug-likeness (QED) is 0.227. The first-order valence-corrected chi connectivity index (χ1v) is 15.7. The summed E-state index contributed by atoms with van der Waals surface area (Å²) in [5.74, 6) is -0.877. The highest BCUT2D eigenvalue weighted by molar-refractivity contribution is 6.48. The van der Waals surface area contributed by atoms with Crippen LogP contribution in [0.25, 0.3) is 0 Å². The molecule has 3 aliphatic carbocycles. The summed E-state index contributed by atoms with van der Waals surface area (Å²) in [6.07, 6.45) is 4.06. The number of rotatable bonds is 7.